The fourth-order valence-corrected chi connectivity index (χ4v) is 2.60. The van der Waals surface area contributed by atoms with Crippen molar-refractivity contribution < 1.29 is 9.53 Å². The average Bonchev–Trinajstić information content (AvgIpc) is 2.54. The summed E-state index contributed by atoms with van der Waals surface area (Å²) in [7, 11) is 0. The second-order valence-corrected chi connectivity index (χ2v) is 5.64. The van der Waals surface area contributed by atoms with Crippen LogP contribution in [-0.2, 0) is 0 Å². The van der Waals surface area contributed by atoms with Crippen LogP contribution in [0.25, 0.3) is 10.9 Å². The molecule has 0 fully saturated rings. The molecular formula is C19H17NO3. The van der Waals surface area contributed by atoms with Crippen molar-refractivity contribution in [3.63, 3.8) is 0 Å². The van der Waals surface area contributed by atoms with Gasteiger partial charge in [0, 0.05) is 17.0 Å². The predicted octanol–water partition coefficient (Wildman–Crippen LogP) is 3.67. The van der Waals surface area contributed by atoms with Gasteiger partial charge in [0.15, 0.2) is 0 Å². The molecule has 1 aromatic heterocycles. The number of aryl methyl sites for hydroxylation is 2. The Balaban J connectivity index is 2.09. The lowest BCUT2D eigenvalue weighted by molar-refractivity contribution is 0.0734. The third-order valence-corrected chi connectivity index (χ3v) is 4.04. The van der Waals surface area contributed by atoms with Crippen LogP contribution in [0.5, 0.6) is 5.75 Å². The summed E-state index contributed by atoms with van der Waals surface area (Å²) in [5.41, 5.74) is 3.42. The number of hydrogen-bond acceptors (Lipinski definition) is 3. The van der Waals surface area contributed by atoms with Crippen molar-refractivity contribution in [1.29, 1.82) is 0 Å². The minimum absolute atomic E-state index is 0.268. The number of carbonyl (C=O) groups excluding carboxylic acids is 1. The van der Waals surface area contributed by atoms with E-state index >= 15 is 0 Å². The highest BCUT2D eigenvalue weighted by atomic mass is 16.5. The maximum absolute atomic E-state index is 12.6. The van der Waals surface area contributed by atoms with Gasteiger partial charge in [-0.05, 0) is 43.5 Å². The van der Waals surface area contributed by atoms with Gasteiger partial charge in [0.25, 0.3) is 0 Å². The van der Waals surface area contributed by atoms with Crippen LogP contribution < -0.4 is 10.3 Å². The number of rotatable bonds is 2. The smallest absolute Gasteiger partial charge is 0.344 e. The number of aromatic nitrogens is 1. The summed E-state index contributed by atoms with van der Waals surface area (Å²) in [6, 6.07) is 12.4. The second kappa shape index (κ2) is 5.72. The van der Waals surface area contributed by atoms with Crippen molar-refractivity contribution in [1.82, 2.24) is 4.98 Å². The maximum Gasteiger partial charge on any atom is 0.344 e. The minimum Gasteiger partial charge on any atom is -0.422 e. The average molecular weight is 307 g/mol. The molecular weight excluding hydrogens is 290 g/mol. The van der Waals surface area contributed by atoms with Gasteiger partial charge in [-0.1, -0.05) is 30.3 Å². The van der Waals surface area contributed by atoms with Crippen LogP contribution >= 0.6 is 0 Å². The van der Waals surface area contributed by atoms with Crippen molar-refractivity contribution in [3.05, 3.63) is 75.1 Å². The van der Waals surface area contributed by atoms with E-state index in [1.165, 1.54) is 6.07 Å². The van der Waals surface area contributed by atoms with Gasteiger partial charge in [0.2, 0.25) is 5.56 Å². The lowest BCUT2D eigenvalue weighted by Crippen LogP contribution is -2.16. The summed E-state index contributed by atoms with van der Waals surface area (Å²) >= 11 is 0. The molecule has 3 rings (SSSR count). The Hall–Kier alpha value is -2.88. The standard InChI is InChI=1S/C19H17NO3/c1-11-8-9-12(2)18(13(11)3)23-19(22)15-10-17(21)20-16-7-5-4-6-14(15)16/h4-10H,1-3H3,(H,20,21). The molecule has 0 atom stereocenters. The minimum atomic E-state index is -0.524. The maximum atomic E-state index is 12.6. The van der Waals surface area contributed by atoms with E-state index in [1.54, 1.807) is 12.1 Å². The lowest BCUT2D eigenvalue weighted by atomic mass is 10.1. The molecule has 0 amide bonds. The zero-order valence-corrected chi connectivity index (χ0v) is 13.3. The Morgan fingerprint density at radius 2 is 1.70 bits per heavy atom. The first-order chi connectivity index (χ1) is 11.0. The number of aromatic amines is 1. The highest BCUT2D eigenvalue weighted by molar-refractivity contribution is 6.04. The van der Waals surface area contributed by atoms with E-state index in [0.29, 0.717) is 16.7 Å². The van der Waals surface area contributed by atoms with Gasteiger partial charge < -0.3 is 9.72 Å². The SMILES string of the molecule is Cc1ccc(C)c(OC(=O)c2cc(=O)[nH]c3ccccc23)c1C. The third kappa shape index (κ3) is 2.75. The van der Waals surface area contributed by atoms with Gasteiger partial charge in [0.05, 0.1) is 5.56 Å². The zero-order chi connectivity index (χ0) is 16.6. The molecule has 0 saturated carbocycles. The van der Waals surface area contributed by atoms with E-state index < -0.39 is 5.97 Å². The van der Waals surface area contributed by atoms with E-state index in [4.69, 9.17) is 4.74 Å². The topological polar surface area (TPSA) is 59.2 Å². The number of para-hydroxylation sites is 1. The molecule has 0 radical (unpaired) electrons. The van der Waals surface area contributed by atoms with Crippen LogP contribution in [0.3, 0.4) is 0 Å². The summed E-state index contributed by atoms with van der Waals surface area (Å²) in [6.07, 6.45) is 0. The molecule has 4 nitrogen and oxygen atoms in total. The molecule has 116 valence electrons. The molecule has 3 aromatic rings. The molecule has 1 heterocycles. The summed E-state index contributed by atoms with van der Waals surface area (Å²) in [5, 5.41) is 0.667. The second-order valence-electron chi connectivity index (χ2n) is 5.64. The fraction of sp³-hybridized carbons (Fsp3) is 0.158. The van der Waals surface area contributed by atoms with E-state index in [1.807, 2.05) is 45.0 Å². The molecule has 0 spiro atoms. The number of pyridine rings is 1. The number of H-pyrrole nitrogens is 1. The quantitative estimate of drug-likeness (QED) is 0.580. The molecule has 1 N–H and O–H groups in total. The molecule has 0 saturated heterocycles. The molecule has 23 heavy (non-hydrogen) atoms. The Kier molecular flexibility index (Phi) is 3.74. The van der Waals surface area contributed by atoms with Crippen LogP contribution in [0, 0.1) is 20.8 Å². The largest absolute Gasteiger partial charge is 0.422 e. The van der Waals surface area contributed by atoms with Crippen LogP contribution in [0.4, 0.5) is 0 Å². The third-order valence-electron chi connectivity index (χ3n) is 4.04. The first-order valence-electron chi connectivity index (χ1n) is 7.38. The van der Waals surface area contributed by atoms with E-state index in [-0.39, 0.29) is 11.1 Å². The van der Waals surface area contributed by atoms with Crippen molar-refractivity contribution in [2.75, 3.05) is 0 Å². The van der Waals surface area contributed by atoms with Gasteiger partial charge in [-0.3, -0.25) is 4.79 Å². The number of carbonyl (C=O) groups is 1. The number of benzene rings is 2. The molecule has 2 aromatic carbocycles. The van der Waals surface area contributed by atoms with Crippen LogP contribution in [0.2, 0.25) is 0 Å². The van der Waals surface area contributed by atoms with E-state index in [2.05, 4.69) is 4.98 Å². The van der Waals surface area contributed by atoms with E-state index in [0.717, 1.165) is 16.7 Å². The highest BCUT2D eigenvalue weighted by Gasteiger charge is 2.17. The molecule has 4 heteroatoms. The predicted molar refractivity (Wildman–Crippen MR) is 90.2 cm³/mol. The Morgan fingerprint density at radius 1 is 1.00 bits per heavy atom. The highest BCUT2D eigenvalue weighted by Crippen LogP contribution is 2.27. The van der Waals surface area contributed by atoms with Gasteiger partial charge in [-0.25, -0.2) is 4.79 Å². The summed E-state index contributed by atoms with van der Waals surface area (Å²) < 4.78 is 5.61. The van der Waals surface area contributed by atoms with Crippen molar-refractivity contribution in [3.8, 4) is 5.75 Å². The number of hydrogen-bond donors (Lipinski definition) is 1. The summed E-state index contributed by atoms with van der Waals surface area (Å²) in [5.74, 6) is 0.0310. The Bertz CT molecular complexity index is 970. The number of esters is 1. The van der Waals surface area contributed by atoms with Gasteiger partial charge in [-0.15, -0.1) is 0 Å². The van der Waals surface area contributed by atoms with Gasteiger partial charge in [-0.2, -0.15) is 0 Å². The normalized spacial score (nSPS) is 10.7. The van der Waals surface area contributed by atoms with Crippen molar-refractivity contribution in [2.24, 2.45) is 0 Å². The molecule has 0 aliphatic rings. The molecule has 0 aliphatic carbocycles. The monoisotopic (exact) mass is 307 g/mol. The van der Waals surface area contributed by atoms with Crippen molar-refractivity contribution >= 4 is 16.9 Å². The summed E-state index contributed by atoms with van der Waals surface area (Å²) in [6.45, 7) is 5.78. The Labute approximate surface area is 133 Å². The van der Waals surface area contributed by atoms with E-state index in [9.17, 15) is 9.59 Å². The number of fused-ring (bicyclic) bond motifs is 1. The van der Waals surface area contributed by atoms with Gasteiger partial charge in [0.1, 0.15) is 5.75 Å². The number of nitrogens with one attached hydrogen (secondary N) is 1. The fourth-order valence-electron chi connectivity index (χ4n) is 2.60. The molecule has 0 aliphatic heterocycles. The lowest BCUT2D eigenvalue weighted by Gasteiger charge is -2.13. The first-order valence-corrected chi connectivity index (χ1v) is 7.38. The first kappa shape index (κ1) is 15.0. The number of ether oxygens (including phenoxy) is 1. The Morgan fingerprint density at radius 3 is 2.48 bits per heavy atom. The van der Waals surface area contributed by atoms with Crippen LogP contribution in [-0.4, -0.2) is 11.0 Å². The van der Waals surface area contributed by atoms with Gasteiger partial charge >= 0.3 is 5.97 Å². The zero-order valence-electron chi connectivity index (χ0n) is 13.3. The molecule has 0 bridgehead atoms. The van der Waals surface area contributed by atoms with Crippen LogP contribution in [0.15, 0.2) is 47.3 Å². The van der Waals surface area contributed by atoms with Crippen molar-refractivity contribution in [2.45, 2.75) is 20.8 Å². The summed E-state index contributed by atoms with van der Waals surface area (Å²) in [4.78, 5) is 27.1. The molecule has 0 unspecified atom stereocenters. The van der Waals surface area contributed by atoms with Crippen LogP contribution in [0.1, 0.15) is 27.0 Å².